The summed E-state index contributed by atoms with van der Waals surface area (Å²) >= 11 is 0. The molecule has 0 unspecified atom stereocenters. The molecule has 1 heterocycles. The predicted octanol–water partition coefficient (Wildman–Crippen LogP) is 2.99. The minimum absolute atomic E-state index is 0.0948. The molecule has 0 spiro atoms. The maximum absolute atomic E-state index is 12.5. The van der Waals surface area contributed by atoms with Gasteiger partial charge in [-0.25, -0.2) is 5.43 Å². The van der Waals surface area contributed by atoms with Crippen molar-refractivity contribution in [3.63, 3.8) is 0 Å². The molecule has 1 N–H and O–H groups in total. The molecule has 0 saturated carbocycles. The van der Waals surface area contributed by atoms with E-state index in [2.05, 4.69) is 10.5 Å². The molecule has 1 amide bonds. The molecular formula is C22H23N3O5. The fraction of sp³-hybridized carbons (Fsp3) is 0.227. The second kappa shape index (κ2) is 9.60. The zero-order valence-corrected chi connectivity index (χ0v) is 17.0. The van der Waals surface area contributed by atoms with Crippen molar-refractivity contribution < 1.29 is 23.8 Å². The summed E-state index contributed by atoms with van der Waals surface area (Å²) in [6.45, 7) is 2.19. The molecule has 0 saturated heterocycles. The highest BCUT2D eigenvalue weighted by atomic mass is 16.5. The van der Waals surface area contributed by atoms with Crippen molar-refractivity contribution in [2.45, 2.75) is 13.5 Å². The van der Waals surface area contributed by atoms with Crippen molar-refractivity contribution in [1.29, 1.82) is 0 Å². The Morgan fingerprint density at radius 1 is 1.13 bits per heavy atom. The number of fused-ring (bicyclic) bond motifs is 1. The molecule has 3 aromatic rings. The number of carbonyl (C=O) groups is 2. The van der Waals surface area contributed by atoms with E-state index in [4.69, 9.17) is 14.2 Å². The minimum Gasteiger partial charge on any atom is -0.497 e. The smallest absolute Gasteiger partial charge is 0.325 e. The number of esters is 1. The van der Waals surface area contributed by atoms with E-state index in [9.17, 15) is 9.59 Å². The molecule has 0 aliphatic heterocycles. The molecule has 8 heteroatoms. The first-order valence-corrected chi connectivity index (χ1v) is 9.36. The Bertz CT molecular complexity index is 1090. The van der Waals surface area contributed by atoms with Gasteiger partial charge in [0.25, 0.3) is 5.91 Å². The lowest BCUT2D eigenvalue weighted by atomic mass is 10.2. The Morgan fingerprint density at radius 3 is 2.67 bits per heavy atom. The molecule has 1 aromatic heterocycles. The first kappa shape index (κ1) is 20.9. The highest BCUT2D eigenvalue weighted by Gasteiger charge is 2.13. The van der Waals surface area contributed by atoms with Crippen molar-refractivity contribution >= 4 is 29.0 Å². The Hall–Kier alpha value is -3.81. The van der Waals surface area contributed by atoms with E-state index < -0.39 is 5.91 Å². The summed E-state index contributed by atoms with van der Waals surface area (Å²) < 4.78 is 17.2. The topological polar surface area (TPSA) is 91.2 Å². The summed E-state index contributed by atoms with van der Waals surface area (Å²) in [7, 11) is 3.02. The van der Waals surface area contributed by atoms with Crippen molar-refractivity contribution in [3.8, 4) is 11.5 Å². The van der Waals surface area contributed by atoms with E-state index in [1.807, 2.05) is 24.3 Å². The number of para-hydroxylation sites is 1. The maximum Gasteiger partial charge on any atom is 0.325 e. The number of carbonyl (C=O) groups excluding carboxylic acids is 2. The van der Waals surface area contributed by atoms with E-state index in [0.29, 0.717) is 23.7 Å². The number of ether oxygens (including phenoxy) is 3. The predicted molar refractivity (Wildman–Crippen MR) is 113 cm³/mol. The third-order valence-electron chi connectivity index (χ3n) is 4.45. The van der Waals surface area contributed by atoms with Crippen LogP contribution >= 0.6 is 0 Å². The van der Waals surface area contributed by atoms with Crippen molar-refractivity contribution in [2.24, 2.45) is 5.10 Å². The van der Waals surface area contributed by atoms with Crippen LogP contribution in [-0.2, 0) is 16.1 Å². The van der Waals surface area contributed by atoms with Gasteiger partial charge in [0.2, 0.25) is 0 Å². The van der Waals surface area contributed by atoms with Crippen LogP contribution in [-0.4, -0.2) is 43.5 Å². The molecule has 2 aromatic carbocycles. The first-order valence-electron chi connectivity index (χ1n) is 9.36. The van der Waals surface area contributed by atoms with Gasteiger partial charge in [-0.15, -0.1) is 0 Å². The van der Waals surface area contributed by atoms with Crippen LogP contribution in [0, 0.1) is 0 Å². The number of aromatic nitrogens is 1. The molecular weight excluding hydrogens is 386 g/mol. The number of hydrazone groups is 1. The molecule has 0 bridgehead atoms. The average Bonchev–Trinajstić information content (AvgIpc) is 3.10. The van der Waals surface area contributed by atoms with E-state index in [1.54, 1.807) is 35.9 Å². The molecule has 0 aliphatic rings. The quantitative estimate of drug-likeness (QED) is 0.351. The maximum atomic E-state index is 12.5. The van der Waals surface area contributed by atoms with Crippen LogP contribution in [0.3, 0.4) is 0 Å². The van der Waals surface area contributed by atoms with Gasteiger partial charge in [-0.3, -0.25) is 9.59 Å². The summed E-state index contributed by atoms with van der Waals surface area (Å²) in [4.78, 5) is 24.4. The number of nitrogens with one attached hydrogen (secondary N) is 1. The minimum atomic E-state index is -0.416. The molecule has 8 nitrogen and oxygen atoms in total. The summed E-state index contributed by atoms with van der Waals surface area (Å²) in [5.74, 6) is 0.233. The number of rotatable bonds is 8. The van der Waals surface area contributed by atoms with Gasteiger partial charge in [-0.2, -0.15) is 5.10 Å². The van der Waals surface area contributed by atoms with Gasteiger partial charge in [0.05, 0.1) is 32.6 Å². The first-order chi connectivity index (χ1) is 14.6. The van der Waals surface area contributed by atoms with E-state index >= 15 is 0 Å². The standard InChI is InChI=1S/C22H23N3O5/c1-4-30-21(26)14-25-13-15(17-7-5-6-8-19(17)25)12-23-24-22(27)18-10-9-16(28-2)11-20(18)29-3/h5-13H,4,14H2,1-3H3,(H,24,27)/b23-12-. The molecule has 0 fully saturated rings. The van der Waals surface area contributed by atoms with Gasteiger partial charge in [-0.05, 0) is 25.1 Å². The Morgan fingerprint density at radius 2 is 1.93 bits per heavy atom. The van der Waals surface area contributed by atoms with Crippen LogP contribution in [0.4, 0.5) is 0 Å². The summed E-state index contributed by atoms with van der Waals surface area (Å²) in [5.41, 5.74) is 4.47. The highest BCUT2D eigenvalue weighted by molar-refractivity contribution is 6.01. The fourth-order valence-corrected chi connectivity index (χ4v) is 3.06. The van der Waals surface area contributed by atoms with E-state index in [-0.39, 0.29) is 12.5 Å². The molecule has 0 radical (unpaired) electrons. The zero-order chi connectivity index (χ0) is 21.5. The van der Waals surface area contributed by atoms with E-state index in [1.165, 1.54) is 20.4 Å². The number of nitrogens with zero attached hydrogens (tertiary/aromatic N) is 2. The fourth-order valence-electron chi connectivity index (χ4n) is 3.06. The van der Waals surface area contributed by atoms with Gasteiger partial charge >= 0.3 is 5.97 Å². The Kier molecular flexibility index (Phi) is 6.69. The number of methoxy groups -OCH3 is 2. The number of hydrogen-bond donors (Lipinski definition) is 1. The van der Waals surface area contributed by atoms with Crippen LogP contribution in [0.2, 0.25) is 0 Å². The van der Waals surface area contributed by atoms with Crippen molar-refractivity contribution in [3.05, 3.63) is 59.8 Å². The van der Waals surface area contributed by atoms with Crippen LogP contribution in [0.15, 0.2) is 53.8 Å². The number of amides is 1. The summed E-state index contributed by atoms with van der Waals surface area (Å²) in [6, 6.07) is 12.5. The van der Waals surface area contributed by atoms with Crippen LogP contribution in [0.5, 0.6) is 11.5 Å². The third-order valence-corrected chi connectivity index (χ3v) is 4.45. The normalized spacial score (nSPS) is 10.9. The van der Waals surface area contributed by atoms with Crippen LogP contribution < -0.4 is 14.9 Å². The number of benzene rings is 2. The molecule has 30 heavy (non-hydrogen) atoms. The Balaban J connectivity index is 1.79. The van der Waals surface area contributed by atoms with Crippen LogP contribution in [0.25, 0.3) is 10.9 Å². The van der Waals surface area contributed by atoms with E-state index in [0.717, 1.165) is 16.5 Å². The molecule has 156 valence electrons. The summed E-state index contributed by atoms with van der Waals surface area (Å²) in [5, 5.41) is 4.98. The molecule has 3 rings (SSSR count). The van der Waals surface area contributed by atoms with Gasteiger partial charge in [-0.1, -0.05) is 18.2 Å². The monoisotopic (exact) mass is 409 g/mol. The second-order valence-electron chi connectivity index (χ2n) is 6.30. The zero-order valence-electron chi connectivity index (χ0n) is 17.0. The molecule has 0 aliphatic carbocycles. The lowest BCUT2D eigenvalue weighted by molar-refractivity contribution is -0.143. The largest absolute Gasteiger partial charge is 0.497 e. The SMILES string of the molecule is CCOC(=O)Cn1cc(/C=N\NC(=O)c2ccc(OC)cc2OC)c2ccccc21. The second-order valence-corrected chi connectivity index (χ2v) is 6.30. The van der Waals surface area contributed by atoms with Gasteiger partial charge in [0.1, 0.15) is 18.0 Å². The summed E-state index contributed by atoms with van der Waals surface area (Å²) in [6.07, 6.45) is 3.34. The van der Waals surface area contributed by atoms with Crippen LogP contribution in [0.1, 0.15) is 22.8 Å². The van der Waals surface area contributed by atoms with Gasteiger partial charge < -0.3 is 18.8 Å². The Labute approximate surface area is 174 Å². The third kappa shape index (κ3) is 4.60. The van der Waals surface area contributed by atoms with Gasteiger partial charge in [0, 0.05) is 28.7 Å². The lowest BCUT2D eigenvalue weighted by Gasteiger charge is -2.08. The highest BCUT2D eigenvalue weighted by Crippen LogP contribution is 2.24. The van der Waals surface area contributed by atoms with Gasteiger partial charge in [0.15, 0.2) is 0 Å². The average molecular weight is 409 g/mol. The lowest BCUT2D eigenvalue weighted by Crippen LogP contribution is -2.18. The number of hydrogen-bond acceptors (Lipinski definition) is 6. The molecule has 0 atom stereocenters. The van der Waals surface area contributed by atoms with Crippen molar-refractivity contribution in [2.75, 3.05) is 20.8 Å². The van der Waals surface area contributed by atoms with Crippen molar-refractivity contribution in [1.82, 2.24) is 9.99 Å².